The third kappa shape index (κ3) is 7.46. The number of aromatic nitrogens is 1. The van der Waals surface area contributed by atoms with E-state index in [9.17, 15) is 18.8 Å². The average Bonchev–Trinajstić information content (AvgIpc) is 3.22. The van der Waals surface area contributed by atoms with Crippen LogP contribution in [0.4, 0.5) is 14.9 Å². The number of carbonyl (C=O) groups excluding carboxylic acids is 3. The van der Waals surface area contributed by atoms with Crippen LogP contribution in [0.25, 0.3) is 11.3 Å². The molecule has 5 N–H and O–H groups in total. The number of hydrogen-bond donors (Lipinski definition) is 4. The van der Waals surface area contributed by atoms with Gasteiger partial charge in [-0.2, -0.15) is 0 Å². The Morgan fingerprint density at radius 2 is 1.97 bits per heavy atom. The molecule has 1 atom stereocenters. The molecular weight excluding hydrogens is 455 g/mol. The first-order valence-electron chi connectivity index (χ1n) is 11.6. The predicted octanol–water partition coefficient (Wildman–Crippen LogP) is 1.41. The van der Waals surface area contributed by atoms with Crippen molar-refractivity contribution in [3.05, 3.63) is 47.9 Å². The lowest BCUT2D eigenvalue weighted by Crippen LogP contribution is -2.33. The summed E-state index contributed by atoms with van der Waals surface area (Å²) in [6.45, 7) is 4.48. The molecule has 0 radical (unpaired) electrons. The summed E-state index contributed by atoms with van der Waals surface area (Å²) in [5.74, 6) is -1.15. The number of nitrogens with zero attached hydrogens (tertiary/aromatic N) is 2. The lowest BCUT2D eigenvalue weighted by Gasteiger charge is -2.14. The summed E-state index contributed by atoms with van der Waals surface area (Å²) >= 11 is 0. The number of halogens is 1. The van der Waals surface area contributed by atoms with Crippen LogP contribution in [-0.2, 0) is 9.53 Å². The smallest absolute Gasteiger partial charge is 0.414 e. The van der Waals surface area contributed by atoms with Crippen LogP contribution in [0.15, 0.2) is 36.4 Å². The fraction of sp³-hybridized carbons (Fsp3) is 0.417. The van der Waals surface area contributed by atoms with E-state index in [1.165, 1.54) is 24.0 Å². The molecule has 1 aromatic carbocycles. The number of carbonyl (C=O) groups is 3. The number of benzene rings is 1. The molecule has 1 aliphatic rings. The fourth-order valence-corrected chi connectivity index (χ4v) is 3.54. The molecule has 10 nitrogen and oxygen atoms in total. The van der Waals surface area contributed by atoms with Gasteiger partial charge < -0.3 is 26.4 Å². The van der Waals surface area contributed by atoms with Crippen molar-refractivity contribution in [3.8, 4) is 11.3 Å². The minimum atomic E-state index is -0.612. The van der Waals surface area contributed by atoms with E-state index >= 15 is 0 Å². The fourth-order valence-electron chi connectivity index (χ4n) is 3.54. The van der Waals surface area contributed by atoms with Crippen LogP contribution < -0.4 is 26.6 Å². The minimum Gasteiger partial charge on any atom is -0.442 e. The van der Waals surface area contributed by atoms with Crippen molar-refractivity contribution in [1.82, 2.24) is 20.9 Å². The van der Waals surface area contributed by atoms with Gasteiger partial charge in [-0.05, 0) is 62.8 Å². The van der Waals surface area contributed by atoms with Crippen molar-refractivity contribution in [2.24, 2.45) is 5.73 Å². The van der Waals surface area contributed by atoms with Gasteiger partial charge in [-0.3, -0.25) is 14.5 Å². The quantitative estimate of drug-likeness (QED) is 0.333. The van der Waals surface area contributed by atoms with Gasteiger partial charge in [-0.1, -0.05) is 6.07 Å². The first-order chi connectivity index (χ1) is 16.9. The maximum atomic E-state index is 15.0. The number of cyclic esters (lactones) is 1. The number of amides is 3. The summed E-state index contributed by atoms with van der Waals surface area (Å²) < 4.78 is 20.2. The van der Waals surface area contributed by atoms with Gasteiger partial charge in [0.25, 0.3) is 5.91 Å². The van der Waals surface area contributed by atoms with Crippen molar-refractivity contribution >= 4 is 23.6 Å². The molecule has 1 aliphatic heterocycles. The maximum Gasteiger partial charge on any atom is 0.414 e. The second-order valence-corrected chi connectivity index (χ2v) is 8.13. The molecule has 3 amide bonds. The van der Waals surface area contributed by atoms with Crippen LogP contribution in [0.2, 0.25) is 0 Å². The van der Waals surface area contributed by atoms with Crippen molar-refractivity contribution in [2.75, 3.05) is 44.2 Å². The SMILES string of the molecule is CC(=O)NC[C@H]1CN(c2ccc(-c3cccc(C(=O)NCCCNCCCN)n3)c(F)c2)C(=O)O1. The van der Waals surface area contributed by atoms with E-state index in [1.807, 2.05) is 0 Å². The second kappa shape index (κ2) is 12.8. The number of ether oxygens (including phenoxy) is 1. The van der Waals surface area contributed by atoms with E-state index in [1.54, 1.807) is 24.3 Å². The highest BCUT2D eigenvalue weighted by Crippen LogP contribution is 2.28. The maximum absolute atomic E-state index is 15.0. The van der Waals surface area contributed by atoms with Crippen LogP contribution in [0.3, 0.4) is 0 Å². The van der Waals surface area contributed by atoms with E-state index in [2.05, 4.69) is 20.9 Å². The van der Waals surface area contributed by atoms with Crippen molar-refractivity contribution < 1.29 is 23.5 Å². The van der Waals surface area contributed by atoms with Crippen molar-refractivity contribution in [3.63, 3.8) is 0 Å². The van der Waals surface area contributed by atoms with Crippen LogP contribution in [-0.4, -0.2) is 68.3 Å². The third-order valence-electron chi connectivity index (χ3n) is 5.35. The molecule has 0 saturated carbocycles. The Hall–Kier alpha value is -3.57. The zero-order valence-electron chi connectivity index (χ0n) is 19.7. The Balaban J connectivity index is 1.60. The normalized spacial score (nSPS) is 15.1. The van der Waals surface area contributed by atoms with E-state index in [-0.39, 0.29) is 36.2 Å². The Bertz CT molecular complexity index is 1050. The molecule has 1 saturated heterocycles. The zero-order chi connectivity index (χ0) is 25.2. The number of hydrogen-bond acceptors (Lipinski definition) is 7. The van der Waals surface area contributed by atoms with E-state index in [4.69, 9.17) is 10.5 Å². The molecular formula is C24H31FN6O4. The predicted molar refractivity (Wildman–Crippen MR) is 129 cm³/mol. The first kappa shape index (κ1) is 26.0. The van der Waals surface area contributed by atoms with Crippen molar-refractivity contribution in [1.29, 1.82) is 0 Å². The highest BCUT2D eigenvalue weighted by atomic mass is 19.1. The van der Waals surface area contributed by atoms with E-state index in [0.717, 1.165) is 25.9 Å². The molecule has 2 aromatic rings. The molecule has 2 heterocycles. The Morgan fingerprint density at radius 3 is 2.71 bits per heavy atom. The summed E-state index contributed by atoms with van der Waals surface area (Å²) in [5, 5.41) is 8.65. The van der Waals surface area contributed by atoms with E-state index < -0.39 is 18.0 Å². The summed E-state index contributed by atoms with van der Waals surface area (Å²) in [6, 6.07) is 9.15. The van der Waals surface area contributed by atoms with Gasteiger partial charge in [0, 0.05) is 19.0 Å². The van der Waals surface area contributed by atoms with Crippen molar-refractivity contribution in [2.45, 2.75) is 25.9 Å². The molecule has 1 fully saturated rings. The van der Waals surface area contributed by atoms with E-state index in [0.29, 0.717) is 24.5 Å². The van der Waals surface area contributed by atoms with Gasteiger partial charge in [0.15, 0.2) is 0 Å². The number of anilines is 1. The summed E-state index contributed by atoms with van der Waals surface area (Å²) in [6.07, 6.45) is 0.532. The number of nitrogens with one attached hydrogen (secondary N) is 3. The molecule has 0 aliphatic carbocycles. The lowest BCUT2D eigenvalue weighted by atomic mass is 10.1. The highest BCUT2D eigenvalue weighted by Gasteiger charge is 2.32. The first-order valence-corrected chi connectivity index (χ1v) is 11.6. The average molecular weight is 487 g/mol. The standard InChI is InChI=1S/C24H31FN6O4/c1-16(32)29-14-18-15-31(24(34)35-18)17-7-8-19(20(25)13-17)21-5-2-6-22(30-21)23(33)28-12-4-11-27-10-3-9-26/h2,5-8,13,18,27H,3-4,9-12,14-15,26H2,1H3,(H,28,33)(H,29,32)/t18-/m0/s1. The summed E-state index contributed by atoms with van der Waals surface area (Å²) in [4.78, 5) is 41.3. The molecule has 0 bridgehead atoms. The highest BCUT2D eigenvalue weighted by molar-refractivity contribution is 5.93. The molecule has 0 unspecified atom stereocenters. The molecule has 11 heteroatoms. The minimum absolute atomic E-state index is 0.182. The Morgan fingerprint density at radius 1 is 1.17 bits per heavy atom. The van der Waals surface area contributed by atoms with Crippen LogP contribution in [0.1, 0.15) is 30.3 Å². The van der Waals surface area contributed by atoms with Gasteiger partial charge in [0.2, 0.25) is 5.91 Å². The second-order valence-electron chi connectivity index (χ2n) is 8.13. The topological polar surface area (TPSA) is 139 Å². The van der Waals surface area contributed by atoms with Gasteiger partial charge >= 0.3 is 6.09 Å². The number of nitrogens with two attached hydrogens (primary N) is 1. The monoisotopic (exact) mass is 486 g/mol. The summed E-state index contributed by atoms with van der Waals surface area (Å²) in [7, 11) is 0. The van der Waals surface area contributed by atoms with Crippen LogP contribution >= 0.6 is 0 Å². The summed E-state index contributed by atoms with van der Waals surface area (Å²) in [5.41, 5.74) is 6.46. The van der Waals surface area contributed by atoms with Crippen LogP contribution in [0.5, 0.6) is 0 Å². The molecule has 0 spiro atoms. The molecule has 35 heavy (non-hydrogen) atoms. The number of pyridine rings is 1. The molecule has 188 valence electrons. The molecule has 1 aromatic heterocycles. The zero-order valence-corrected chi connectivity index (χ0v) is 19.7. The largest absolute Gasteiger partial charge is 0.442 e. The molecule has 3 rings (SSSR count). The van der Waals surface area contributed by atoms with Gasteiger partial charge in [-0.15, -0.1) is 0 Å². The van der Waals surface area contributed by atoms with Gasteiger partial charge in [-0.25, -0.2) is 14.2 Å². The van der Waals surface area contributed by atoms with Gasteiger partial charge in [0.1, 0.15) is 17.6 Å². The van der Waals surface area contributed by atoms with Gasteiger partial charge in [0.05, 0.1) is 24.5 Å². The lowest BCUT2D eigenvalue weighted by molar-refractivity contribution is -0.119. The Labute approximate surface area is 203 Å². The Kier molecular flexibility index (Phi) is 9.50. The third-order valence-corrected chi connectivity index (χ3v) is 5.35. The van der Waals surface area contributed by atoms with Crippen LogP contribution in [0, 0.1) is 5.82 Å². The number of rotatable bonds is 12.